The zero-order valence-electron chi connectivity index (χ0n) is 10.9. The summed E-state index contributed by atoms with van der Waals surface area (Å²) in [4.78, 5) is 0.130. The maximum atomic E-state index is 12.3. The fourth-order valence-corrected chi connectivity index (χ4v) is 3.54. The molecule has 0 saturated heterocycles. The van der Waals surface area contributed by atoms with E-state index < -0.39 is 10.0 Å². The standard InChI is InChI=1S/C14H10BrClN2O2S/c1-9-2-4-11(5-3-9)21(19,20)18-14-6-10(8-17)12(15)7-13(14)16/h2-7,18H,1H3. The molecule has 108 valence electrons. The van der Waals surface area contributed by atoms with Crippen LogP contribution in [0.5, 0.6) is 0 Å². The van der Waals surface area contributed by atoms with Crippen LogP contribution in [0.1, 0.15) is 11.1 Å². The molecule has 0 unspecified atom stereocenters. The number of nitriles is 1. The first-order chi connectivity index (χ1) is 9.83. The molecule has 1 N–H and O–H groups in total. The van der Waals surface area contributed by atoms with Gasteiger partial charge >= 0.3 is 0 Å². The van der Waals surface area contributed by atoms with Gasteiger partial charge in [0.25, 0.3) is 10.0 Å². The lowest BCUT2D eigenvalue weighted by Crippen LogP contribution is -2.13. The highest BCUT2D eigenvalue weighted by Crippen LogP contribution is 2.30. The Bertz CT molecular complexity index is 827. The number of hydrogen-bond donors (Lipinski definition) is 1. The summed E-state index contributed by atoms with van der Waals surface area (Å²) in [5.41, 5.74) is 1.42. The van der Waals surface area contributed by atoms with Crippen LogP contribution in [-0.2, 0) is 10.0 Å². The van der Waals surface area contributed by atoms with Gasteiger partial charge < -0.3 is 0 Å². The highest BCUT2D eigenvalue weighted by atomic mass is 79.9. The summed E-state index contributed by atoms with van der Waals surface area (Å²) in [6.45, 7) is 1.87. The lowest BCUT2D eigenvalue weighted by atomic mass is 10.2. The van der Waals surface area contributed by atoms with Gasteiger partial charge in [0.05, 0.1) is 21.2 Å². The fraction of sp³-hybridized carbons (Fsp3) is 0.0714. The van der Waals surface area contributed by atoms with Crippen LogP contribution in [0.15, 0.2) is 45.8 Å². The van der Waals surface area contributed by atoms with Crippen molar-refractivity contribution in [3.63, 3.8) is 0 Å². The van der Waals surface area contributed by atoms with Gasteiger partial charge in [-0.2, -0.15) is 5.26 Å². The van der Waals surface area contributed by atoms with Crippen molar-refractivity contribution >= 4 is 43.2 Å². The van der Waals surface area contributed by atoms with Crippen molar-refractivity contribution in [2.45, 2.75) is 11.8 Å². The number of anilines is 1. The number of aryl methyl sites for hydroxylation is 1. The number of hydrogen-bond acceptors (Lipinski definition) is 3. The molecule has 7 heteroatoms. The predicted octanol–water partition coefficient (Wildman–Crippen LogP) is 4.08. The molecule has 0 atom stereocenters. The summed E-state index contributed by atoms with van der Waals surface area (Å²) < 4.78 is 27.5. The van der Waals surface area contributed by atoms with Gasteiger partial charge in [-0.1, -0.05) is 29.3 Å². The number of rotatable bonds is 3. The van der Waals surface area contributed by atoms with E-state index in [0.717, 1.165) is 5.56 Å². The second-order valence-electron chi connectivity index (χ2n) is 4.34. The van der Waals surface area contributed by atoms with E-state index in [9.17, 15) is 8.42 Å². The Morgan fingerprint density at radius 1 is 1.24 bits per heavy atom. The zero-order valence-corrected chi connectivity index (χ0v) is 14.1. The summed E-state index contributed by atoms with van der Waals surface area (Å²) >= 11 is 9.20. The SMILES string of the molecule is Cc1ccc(S(=O)(=O)Nc2cc(C#N)c(Br)cc2Cl)cc1. The van der Waals surface area contributed by atoms with Crippen LogP contribution in [0.4, 0.5) is 5.69 Å². The summed E-state index contributed by atoms with van der Waals surface area (Å²) in [6, 6.07) is 11.3. The number of halogens is 2. The van der Waals surface area contributed by atoms with Gasteiger partial charge in [-0.3, -0.25) is 4.72 Å². The van der Waals surface area contributed by atoms with Crippen LogP contribution < -0.4 is 4.72 Å². The van der Waals surface area contributed by atoms with Gasteiger partial charge in [-0.25, -0.2) is 8.42 Å². The molecule has 2 aromatic carbocycles. The Labute approximate surface area is 136 Å². The quantitative estimate of drug-likeness (QED) is 0.865. The molecule has 2 rings (SSSR count). The summed E-state index contributed by atoms with van der Waals surface area (Å²) in [7, 11) is -3.75. The van der Waals surface area contributed by atoms with Crippen LogP contribution in [0.2, 0.25) is 5.02 Å². The minimum Gasteiger partial charge on any atom is -0.278 e. The first-order valence-electron chi connectivity index (χ1n) is 5.82. The van der Waals surface area contributed by atoms with Crippen molar-refractivity contribution in [2.75, 3.05) is 4.72 Å². The highest BCUT2D eigenvalue weighted by Gasteiger charge is 2.17. The van der Waals surface area contributed by atoms with Crippen molar-refractivity contribution in [1.29, 1.82) is 5.26 Å². The number of sulfonamides is 1. The minimum absolute atomic E-state index is 0.130. The number of nitrogens with zero attached hydrogens (tertiary/aromatic N) is 1. The van der Waals surface area contributed by atoms with E-state index in [1.54, 1.807) is 12.1 Å². The monoisotopic (exact) mass is 384 g/mol. The van der Waals surface area contributed by atoms with E-state index in [4.69, 9.17) is 16.9 Å². The van der Waals surface area contributed by atoms with Crippen molar-refractivity contribution in [1.82, 2.24) is 0 Å². The molecular weight excluding hydrogens is 376 g/mol. The molecule has 0 fully saturated rings. The third-order valence-electron chi connectivity index (χ3n) is 2.75. The molecule has 0 radical (unpaired) electrons. The Hall–Kier alpha value is -1.55. The molecule has 0 aliphatic carbocycles. The molecule has 4 nitrogen and oxygen atoms in total. The molecule has 2 aromatic rings. The Morgan fingerprint density at radius 3 is 2.43 bits per heavy atom. The van der Waals surface area contributed by atoms with E-state index >= 15 is 0 Å². The Balaban J connectivity index is 2.42. The maximum Gasteiger partial charge on any atom is 0.261 e. The van der Waals surface area contributed by atoms with Crippen LogP contribution in [0.3, 0.4) is 0 Å². The van der Waals surface area contributed by atoms with Gasteiger partial charge in [-0.05, 0) is 47.1 Å². The first kappa shape index (κ1) is 15.8. The molecule has 0 aliphatic rings. The van der Waals surface area contributed by atoms with Gasteiger partial charge in [0.2, 0.25) is 0 Å². The van der Waals surface area contributed by atoms with Crippen molar-refractivity contribution in [2.24, 2.45) is 0 Å². The average molecular weight is 386 g/mol. The smallest absolute Gasteiger partial charge is 0.261 e. The molecule has 0 heterocycles. The fourth-order valence-electron chi connectivity index (χ4n) is 1.63. The van der Waals surface area contributed by atoms with Crippen LogP contribution in [0.25, 0.3) is 0 Å². The molecule has 0 aliphatic heterocycles. The predicted molar refractivity (Wildman–Crippen MR) is 85.9 cm³/mol. The van der Waals surface area contributed by atoms with Gasteiger partial charge in [0.15, 0.2) is 0 Å². The highest BCUT2D eigenvalue weighted by molar-refractivity contribution is 9.10. The van der Waals surface area contributed by atoms with Crippen molar-refractivity contribution < 1.29 is 8.42 Å². The summed E-state index contributed by atoms with van der Waals surface area (Å²) in [6.07, 6.45) is 0. The van der Waals surface area contributed by atoms with E-state index in [-0.39, 0.29) is 15.6 Å². The van der Waals surface area contributed by atoms with E-state index in [1.165, 1.54) is 24.3 Å². The van der Waals surface area contributed by atoms with Gasteiger partial charge in [0.1, 0.15) is 6.07 Å². The van der Waals surface area contributed by atoms with Crippen LogP contribution in [0, 0.1) is 18.3 Å². The number of benzene rings is 2. The molecule has 0 aromatic heterocycles. The largest absolute Gasteiger partial charge is 0.278 e. The van der Waals surface area contributed by atoms with Crippen molar-refractivity contribution in [3.8, 4) is 6.07 Å². The lowest BCUT2D eigenvalue weighted by Gasteiger charge is -2.11. The van der Waals surface area contributed by atoms with E-state index in [1.807, 2.05) is 13.0 Å². The zero-order chi connectivity index (χ0) is 15.6. The third kappa shape index (κ3) is 3.56. The topological polar surface area (TPSA) is 70.0 Å². The maximum absolute atomic E-state index is 12.3. The second kappa shape index (κ2) is 6.06. The van der Waals surface area contributed by atoms with Crippen LogP contribution >= 0.6 is 27.5 Å². The van der Waals surface area contributed by atoms with Gasteiger partial charge in [0, 0.05) is 4.47 Å². The second-order valence-corrected chi connectivity index (χ2v) is 7.29. The Morgan fingerprint density at radius 2 is 1.86 bits per heavy atom. The van der Waals surface area contributed by atoms with Crippen LogP contribution in [-0.4, -0.2) is 8.42 Å². The molecule has 0 amide bonds. The molecule has 0 saturated carbocycles. The molecule has 21 heavy (non-hydrogen) atoms. The molecule has 0 bridgehead atoms. The minimum atomic E-state index is -3.75. The summed E-state index contributed by atoms with van der Waals surface area (Å²) in [5.74, 6) is 0. The lowest BCUT2D eigenvalue weighted by molar-refractivity contribution is 0.601. The molecular formula is C14H10BrClN2O2S. The summed E-state index contributed by atoms with van der Waals surface area (Å²) in [5, 5.41) is 9.18. The van der Waals surface area contributed by atoms with E-state index in [2.05, 4.69) is 20.7 Å². The number of nitrogens with one attached hydrogen (secondary N) is 1. The molecule has 0 spiro atoms. The third-order valence-corrected chi connectivity index (χ3v) is 5.10. The van der Waals surface area contributed by atoms with Crippen molar-refractivity contribution in [3.05, 3.63) is 57.0 Å². The normalized spacial score (nSPS) is 11.0. The van der Waals surface area contributed by atoms with Gasteiger partial charge in [-0.15, -0.1) is 0 Å². The van der Waals surface area contributed by atoms with E-state index in [0.29, 0.717) is 10.0 Å². The average Bonchev–Trinajstić information content (AvgIpc) is 2.42. The first-order valence-corrected chi connectivity index (χ1v) is 8.47. The Kier molecular flexibility index (Phi) is 4.57.